The average Bonchev–Trinajstić information content (AvgIpc) is 3.23. The van der Waals surface area contributed by atoms with Gasteiger partial charge in [0, 0.05) is 51.9 Å². The van der Waals surface area contributed by atoms with E-state index in [4.69, 9.17) is 14.2 Å². The maximum Gasteiger partial charge on any atom is 0.341 e. The minimum atomic E-state index is -1.70. The fraction of sp³-hybridized carbons (Fsp3) is 0.632. The normalized spacial score (nSPS) is 48.6. The molecule has 3 aliphatic heterocycles. The number of cyclic esters (lactones) is 1. The van der Waals surface area contributed by atoms with Crippen molar-refractivity contribution in [1.29, 1.82) is 0 Å². The maximum absolute atomic E-state index is 14.8. The zero-order chi connectivity index (χ0) is 33.6. The molecule has 2 bridgehead atoms. The van der Waals surface area contributed by atoms with Gasteiger partial charge in [-0.25, -0.2) is 9.59 Å². The highest BCUT2D eigenvalue weighted by Crippen LogP contribution is 2.89. The summed E-state index contributed by atoms with van der Waals surface area (Å²) < 4.78 is 18.4. The highest BCUT2D eigenvalue weighted by Gasteiger charge is 2.88. The molecule has 9 nitrogen and oxygen atoms in total. The minimum Gasteiger partial charge on any atom is -0.456 e. The van der Waals surface area contributed by atoms with E-state index in [1.165, 1.54) is 0 Å². The van der Waals surface area contributed by atoms with E-state index in [0.717, 1.165) is 0 Å². The Hall–Kier alpha value is -3.14. The number of benzene rings is 1. The smallest absolute Gasteiger partial charge is 0.341 e. The second-order valence-electron chi connectivity index (χ2n) is 16.6. The Kier molecular flexibility index (Phi) is 6.16. The van der Waals surface area contributed by atoms with Crippen LogP contribution in [0.1, 0.15) is 83.5 Å². The van der Waals surface area contributed by atoms with Gasteiger partial charge in [0.1, 0.15) is 11.9 Å². The Morgan fingerprint density at radius 3 is 2.45 bits per heavy atom. The standard InChI is InChI=1S/C38H44O9/c1-21(19-39)15-23-17-37(44,29(42)45-23)26-12-14-36-20-35(26,36)13-11-25-33(4)27(16-28(41)34(25,36)5)32(2,3)38(30(43)46-31(33)47-38)18-24(40)22-9-7-6-8-10-22/h6-11,13,15,23,25-27,31,39,44H,12,14,16-20H2,1-5H3/b21-15+/t23-,25?,26+,27?,31-,33+,34-,35+,36+,37+,38-/m0/s1. The second kappa shape index (κ2) is 9.30. The second-order valence-corrected chi connectivity index (χ2v) is 16.6. The molecular weight excluding hydrogens is 600 g/mol. The first-order valence-corrected chi connectivity index (χ1v) is 17.0. The summed E-state index contributed by atoms with van der Waals surface area (Å²) in [7, 11) is 0. The van der Waals surface area contributed by atoms with Crippen LogP contribution in [0.15, 0.2) is 54.1 Å². The fourth-order valence-electron chi connectivity index (χ4n) is 12.1. The lowest BCUT2D eigenvalue weighted by atomic mass is 9.39. The summed E-state index contributed by atoms with van der Waals surface area (Å²) in [6, 6.07) is 8.85. The third kappa shape index (κ3) is 3.41. The van der Waals surface area contributed by atoms with Gasteiger partial charge in [-0.15, -0.1) is 0 Å². The van der Waals surface area contributed by atoms with Gasteiger partial charge < -0.3 is 24.4 Å². The number of esters is 2. The molecule has 3 heterocycles. The number of ketones is 2. The van der Waals surface area contributed by atoms with E-state index in [2.05, 4.69) is 19.1 Å². The summed E-state index contributed by atoms with van der Waals surface area (Å²) in [6.45, 7) is 9.60. The summed E-state index contributed by atoms with van der Waals surface area (Å²) in [6.07, 6.45) is 6.47. The van der Waals surface area contributed by atoms with Crippen molar-refractivity contribution in [3.63, 3.8) is 0 Å². The van der Waals surface area contributed by atoms with Gasteiger partial charge in [-0.05, 0) is 49.2 Å². The molecular formula is C38H44O9. The monoisotopic (exact) mass is 644 g/mol. The topological polar surface area (TPSA) is 136 Å². The third-order valence-corrected chi connectivity index (χ3v) is 14.6. The number of fused-ring (bicyclic) bond motifs is 6. The van der Waals surface area contributed by atoms with Crippen LogP contribution in [0.5, 0.6) is 0 Å². The number of ether oxygens (including phenoxy) is 3. The fourth-order valence-corrected chi connectivity index (χ4v) is 12.1. The molecule has 0 radical (unpaired) electrons. The number of carbonyl (C=O) groups excluding carboxylic acids is 4. The molecule has 7 aliphatic rings. The molecule has 1 aromatic rings. The van der Waals surface area contributed by atoms with Crippen molar-refractivity contribution in [3.05, 3.63) is 59.7 Å². The molecule has 3 saturated carbocycles. The van der Waals surface area contributed by atoms with E-state index in [1.54, 1.807) is 37.3 Å². The minimum absolute atomic E-state index is 0.108. The summed E-state index contributed by atoms with van der Waals surface area (Å²) in [4.78, 5) is 55.5. The number of allylic oxidation sites excluding steroid dienone is 2. The van der Waals surface area contributed by atoms with Crippen molar-refractivity contribution < 1.29 is 43.6 Å². The number of hydrogen-bond donors (Lipinski definition) is 2. The Morgan fingerprint density at radius 2 is 1.74 bits per heavy atom. The lowest BCUT2D eigenvalue weighted by molar-refractivity contribution is -0.295. The van der Waals surface area contributed by atoms with Crippen LogP contribution in [0.25, 0.3) is 0 Å². The van der Waals surface area contributed by atoms with E-state index >= 15 is 0 Å². The molecule has 1 aromatic carbocycles. The average molecular weight is 645 g/mol. The molecule has 0 amide bonds. The van der Waals surface area contributed by atoms with Gasteiger partial charge in [-0.2, -0.15) is 0 Å². The molecule has 8 rings (SSSR count). The molecule has 3 saturated heterocycles. The van der Waals surface area contributed by atoms with E-state index in [0.29, 0.717) is 30.4 Å². The Bertz CT molecular complexity index is 1680. The molecule has 2 unspecified atom stereocenters. The van der Waals surface area contributed by atoms with Crippen LogP contribution in [0, 0.1) is 44.8 Å². The number of hydrogen-bond acceptors (Lipinski definition) is 9. The lowest BCUT2D eigenvalue weighted by Crippen LogP contribution is -2.70. The van der Waals surface area contributed by atoms with Crippen molar-refractivity contribution >= 4 is 23.5 Å². The Labute approximate surface area is 274 Å². The molecule has 4 aliphatic carbocycles. The van der Waals surface area contributed by atoms with Gasteiger partial charge in [-0.3, -0.25) is 9.59 Å². The molecule has 47 heavy (non-hydrogen) atoms. The van der Waals surface area contributed by atoms with Gasteiger partial charge in [0.15, 0.2) is 17.0 Å². The van der Waals surface area contributed by atoms with Gasteiger partial charge in [0.25, 0.3) is 0 Å². The third-order valence-electron chi connectivity index (χ3n) is 14.6. The number of aliphatic hydroxyl groups is 2. The highest BCUT2D eigenvalue weighted by atomic mass is 16.8. The van der Waals surface area contributed by atoms with Gasteiger partial charge in [-0.1, -0.05) is 70.2 Å². The lowest BCUT2D eigenvalue weighted by Gasteiger charge is -2.65. The molecule has 0 aromatic heterocycles. The van der Waals surface area contributed by atoms with Crippen LogP contribution in [-0.4, -0.2) is 63.9 Å². The van der Waals surface area contributed by atoms with Gasteiger partial charge in [0.05, 0.1) is 13.0 Å². The van der Waals surface area contributed by atoms with Gasteiger partial charge >= 0.3 is 11.9 Å². The molecule has 6 fully saturated rings. The summed E-state index contributed by atoms with van der Waals surface area (Å²) >= 11 is 0. The predicted octanol–water partition coefficient (Wildman–Crippen LogP) is 4.50. The molecule has 0 spiro atoms. The quantitative estimate of drug-likeness (QED) is 0.261. The number of aliphatic hydroxyl groups excluding tert-OH is 1. The van der Waals surface area contributed by atoms with Crippen molar-refractivity contribution in [3.8, 4) is 0 Å². The Morgan fingerprint density at radius 1 is 1.02 bits per heavy atom. The van der Waals surface area contributed by atoms with Gasteiger partial charge in [0.2, 0.25) is 6.29 Å². The molecule has 11 atom stereocenters. The van der Waals surface area contributed by atoms with E-state index in [1.807, 2.05) is 26.8 Å². The summed E-state index contributed by atoms with van der Waals surface area (Å²) in [5.41, 5.74) is -5.59. The van der Waals surface area contributed by atoms with Crippen LogP contribution in [0.4, 0.5) is 0 Å². The van der Waals surface area contributed by atoms with Crippen molar-refractivity contribution in [2.24, 2.45) is 44.8 Å². The Balaban J connectivity index is 1.16. The largest absolute Gasteiger partial charge is 0.456 e. The number of carbonyl (C=O) groups is 4. The first kappa shape index (κ1) is 31.1. The molecule has 250 valence electrons. The van der Waals surface area contributed by atoms with E-state index < -0.39 is 68.5 Å². The van der Waals surface area contributed by atoms with Crippen molar-refractivity contribution in [1.82, 2.24) is 0 Å². The molecule has 2 N–H and O–H groups in total. The number of Topliss-reactive ketones (excluding diaryl/α,β-unsaturated/α-hetero) is 2. The first-order chi connectivity index (χ1) is 22.1. The van der Waals surface area contributed by atoms with Crippen molar-refractivity contribution in [2.75, 3.05) is 6.61 Å². The summed E-state index contributed by atoms with van der Waals surface area (Å²) in [5, 5.41) is 21.5. The van der Waals surface area contributed by atoms with E-state index in [-0.39, 0.29) is 49.3 Å². The first-order valence-electron chi connectivity index (χ1n) is 17.0. The zero-order valence-corrected chi connectivity index (χ0v) is 27.7. The highest BCUT2D eigenvalue weighted by molar-refractivity contribution is 6.01. The zero-order valence-electron chi connectivity index (χ0n) is 27.7. The van der Waals surface area contributed by atoms with E-state index in [9.17, 15) is 29.4 Å². The SMILES string of the molecule is C/C(=C\[C@H]1C[C@@](O)([C@@H]2CC[C@]34C[C@]23C=CC2[C@]3(C)C(CC(=O)[C@]24C)C(C)(C)[C@@]2(CC(=O)c4ccccc4)O[C@@H]3OC2=O)C(=O)O1)CO. The van der Waals surface area contributed by atoms with Crippen molar-refractivity contribution in [2.45, 2.75) is 96.7 Å². The predicted molar refractivity (Wildman–Crippen MR) is 167 cm³/mol. The maximum atomic E-state index is 14.8. The number of rotatable bonds is 6. The van der Waals surface area contributed by atoms with Crippen LogP contribution in [0.3, 0.4) is 0 Å². The summed E-state index contributed by atoms with van der Waals surface area (Å²) in [5.74, 6) is -2.35. The molecule has 9 heteroatoms. The van der Waals surface area contributed by atoms with Crippen LogP contribution < -0.4 is 0 Å². The van der Waals surface area contributed by atoms with Crippen LogP contribution in [-0.2, 0) is 28.6 Å². The van der Waals surface area contributed by atoms with Crippen LogP contribution >= 0.6 is 0 Å². The van der Waals surface area contributed by atoms with Crippen LogP contribution in [0.2, 0.25) is 0 Å².